The topological polar surface area (TPSA) is 58.4 Å². The third-order valence-electron chi connectivity index (χ3n) is 5.47. The standard InChI is InChI=1S/C17H33N3O/c1-3-4-14-5-6-15(12-18)17(11-14)20-9-7-16(8-10-20)19-13(2)21/h14-17H,3-12,18H2,1-2H3,(H,19,21). The Morgan fingerprint density at radius 3 is 2.52 bits per heavy atom. The van der Waals surface area contributed by atoms with Gasteiger partial charge in [-0.3, -0.25) is 9.69 Å². The molecule has 0 aromatic rings. The second-order valence-corrected chi connectivity index (χ2v) is 7.04. The molecule has 0 spiro atoms. The van der Waals surface area contributed by atoms with Gasteiger partial charge in [0.05, 0.1) is 0 Å². The van der Waals surface area contributed by atoms with Gasteiger partial charge in [-0.1, -0.05) is 26.2 Å². The number of piperidine rings is 1. The van der Waals surface area contributed by atoms with E-state index in [4.69, 9.17) is 5.73 Å². The van der Waals surface area contributed by atoms with Crippen LogP contribution in [0.2, 0.25) is 0 Å². The minimum absolute atomic E-state index is 0.106. The molecule has 122 valence electrons. The molecule has 3 atom stereocenters. The summed E-state index contributed by atoms with van der Waals surface area (Å²) in [5.74, 6) is 1.68. The van der Waals surface area contributed by atoms with Crippen LogP contribution in [0.3, 0.4) is 0 Å². The molecule has 0 bridgehead atoms. The summed E-state index contributed by atoms with van der Waals surface area (Å²) in [6.45, 7) is 6.97. The zero-order valence-corrected chi connectivity index (χ0v) is 13.8. The summed E-state index contributed by atoms with van der Waals surface area (Å²) in [6.07, 6.45) is 8.86. The second kappa shape index (κ2) is 8.14. The Kier molecular flexibility index (Phi) is 6.49. The minimum atomic E-state index is 0.106. The van der Waals surface area contributed by atoms with Gasteiger partial charge in [0.25, 0.3) is 0 Å². The van der Waals surface area contributed by atoms with Gasteiger partial charge in [0.15, 0.2) is 0 Å². The van der Waals surface area contributed by atoms with Gasteiger partial charge >= 0.3 is 0 Å². The lowest BCUT2D eigenvalue weighted by Gasteiger charge is -2.45. The van der Waals surface area contributed by atoms with Crippen LogP contribution < -0.4 is 11.1 Å². The van der Waals surface area contributed by atoms with Crippen LogP contribution in [0, 0.1) is 11.8 Å². The van der Waals surface area contributed by atoms with Crippen molar-refractivity contribution in [2.45, 2.75) is 70.9 Å². The Labute approximate surface area is 129 Å². The first-order chi connectivity index (χ1) is 10.1. The lowest BCUT2D eigenvalue weighted by molar-refractivity contribution is -0.120. The number of amides is 1. The van der Waals surface area contributed by atoms with Crippen LogP contribution in [-0.4, -0.2) is 42.5 Å². The lowest BCUT2D eigenvalue weighted by atomic mass is 9.75. The van der Waals surface area contributed by atoms with Gasteiger partial charge in [0, 0.05) is 32.1 Å². The smallest absolute Gasteiger partial charge is 0.217 e. The van der Waals surface area contributed by atoms with Crippen LogP contribution in [0.15, 0.2) is 0 Å². The zero-order chi connectivity index (χ0) is 15.2. The van der Waals surface area contributed by atoms with Gasteiger partial charge in [-0.2, -0.15) is 0 Å². The third kappa shape index (κ3) is 4.68. The van der Waals surface area contributed by atoms with E-state index >= 15 is 0 Å². The van der Waals surface area contributed by atoms with Crippen LogP contribution in [-0.2, 0) is 4.79 Å². The van der Waals surface area contributed by atoms with Gasteiger partial charge in [0.1, 0.15) is 0 Å². The number of rotatable bonds is 5. The average Bonchev–Trinajstić information content (AvgIpc) is 2.48. The summed E-state index contributed by atoms with van der Waals surface area (Å²) in [5, 5.41) is 3.07. The van der Waals surface area contributed by atoms with Crippen molar-refractivity contribution >= 4 is 5.91 Å². The summed E-state index contributed by atoms with van der Waals surface area (Å²) in [4.78, 5) is 13.8. The molecule has 4 heteroatoms. The number of nitrogens with zero attached hydrogens (tertiary/aromatic N) is 1. The van der Waals surface area contributed by atoms with Crippen LogP contribution in [0.4, 0.5) is 0 Å². The van der Waals surface area contributed by atoms with Crippen molar-refractivity contribution < 1.29 is 4.79 Å². The van der Waals surface area contributed by atoms with Gasteiger partial charge in [0.2, 0.25) is 5.91 Å². The molecule has 1 saturated carbocycles. The van der Waals surface area contributed by atoms with Gasteiger partial charge in [-0.25, -0.2) is 0 Å². The molecule has 0 aromatic carbocycles. The molecule has 1 aliphatic carbocycles. The van der Waals surface area contributed by atoms with E-state index in [1.165, 1.54) is 32.1 Å². The predicted molar refractivity (Wildman–Crippen MR) is 87.0 cm³/mol. The normalized spacial score (nSPS) is 32.0. The molecular formula is C17H33N3O. The first kappa shape index (κ1) is 16.8. The molecule has 1 amide bonds. The van der Waals surface area contributed by atoms with Crippen molar-refractivity contribution in [2.75, 3.05) is 19.6 Å². The van der Waals surface area contributed by atoms with Gasteiger partial charge in [-0.15, -0.1) is 0 Å². The van der Waals surface area contributed by atoms with E-state index in [9.17, 15) is 4.79 Å². The van der Waals surface area contributed by atoms with E-state index in [-0.39, 0.29) is 5.91 Å². The van der Waals surface area contributed by atoms with Gasteiger partial charge in [-0.05, 0) is 44.1 Å². The number of nitrogens with two attached hydrogens (primary N) is 1. The van der Waals surface area contributed by atoms with Crippen molar-refractivity contribution in [3.8, 4) is 0 Å². The molecule has 21 heavy (non-hydrogen) atoms. The quantitative estimate of drug-likeness (QED) is 0.817. The molecule has 2 rings (SSSR count). The molecule has 4 nitrogen and oxygen atoms in total. The second-order valence-electron chi connectivity index (χ2n) is 7.04. The van der Waals surface area contributed by atoms with Crippen molar-refractivity contribution in [3.63, 3.8) is 0 Å². The molecule has 3 N–H and O–H groups in total. The molecule has 2 fully saturated rings. The van der Waals surface area contributed by atoms with Crippen LogP contribution in [0.1, 0.15) is 58.8 Å². The fourth-order valence-corrected chi connectivity index (χ4v) is 4.35. The largest absolute Gasteiger partial charge is 0.354 e. The molecule has 1 saturated heterocycles. The van der Waals surface area contributed by atoms with Crippen LogP contribution in [0.5, 0.6) is 0 Å². The zero-order valence-electron chi connectivity index (χ0n) is 13.8. The number of nitrogens with one attached hydrogen (secondary N) is 1. The fourth-order valence-electron chi connectivity index (χ4n) is 4.35. The maximum Gasteiger partial charge on any atom is 0.217 e. The minimum Gasteiger partial charge on any atom is -0.354 e. The highest BCUT2D eigenvalue weighted by Gasteiger charge is 2.35. The highest BCUT2D eigenvalue weighted by Crippen LogP contribution is 2.35. The van der Waals surface area contributed by atoms with Crippen molar-refractivity contribution in [1.29, 1.82) is 0 Å². The molecule has 0 aromatic heterocycles. The number of carbonyl (C=O) groups is 1. The van der Waals surface area contributed by atoms with E-state index in [1.807, 2.05) is 0 Å². The van der Waals surface area contributed by atoms with E-state index in [1.54, 1.807) is 6.92 Å². The maximum absolute atomic E-state index is 11.2. The first-order valence-corrected chi connectivity index (χ1v) is 8.85. The fraction of sp³-hybridized carbons (Fsp3) is 0.941. The predicted octanol–water partition coefficient (Wildman–Crippen LogP) is 2.13. The van der Waals surface area contributed by atoms with Crippen molar-refractivity contribution in [2.24, 2.45) is 17.6 Å². The Bertz CT molecular complexity index is 326. The van der Waals surface area contributed by atoms with Crippen molar-refractivity contribution in [1.82, 2.24) is 10.2 Å². The highest BCUT2D eigenvalue weighted by molar-refractivity contribution is 5.73. The number of carbonyl (C=O) groups excluding carboxylic acids is 1. The molecule has 0 radical (unpaired) electrons. The Morgan fingerprint density at radius 1 is 1.24 bits per heavy atom. The van der Waals surface area contributed by atoms with E-state index in [0.717, 1.165) is 38.4 Å². The van der Waals surface area contributed by atoms with E-state index < -0.39 is 0 Å². The summed E-state index contributed by atoms with van der Waals surface area (Å²) in [7, 11) is 0. The van der Waals surface area contributed by atoms with E-state index in [2.05, 4.69) is 17.1 Å². The summed E-state index contributed by atoms with van der Waals surface area (Å²) in [5.41, 5.74) is 6.03. The number of likely N-dealkylation sites (tertiary alicyclic amines) is 1. The highest BCUT2D eigenvalue weighted by atomic mass is 16.1. The lowest BCUT2D eigenvalue weighted by Crippen LogP contribution is -2.52. The molecule has 3 unspecified atom stereocenters. The van der Waals surface area contributed by atoms with Crippen molar-refractivity contribution in [3.05, 3.63) is 0 Å². The Balaban J connectivity index is 1.88. The molecular weight excluding hydrogens is 262 g/mol. The summed E-state index contributed by atoms with van der Waals surface area (Å²) in [6, 6.07) is 1.06. The Morgan fingerprint density at radius 2 is 1.95 bits per heavy atom. The van der Waals surface area contributed by atoms with Crippen LogP contribution in [0.25, 0.3) is 0 Å². The third-order valence-corrected chi connectivity index (χ3v) is 5.47. The maximum atomic E-state index is 11.2. The summed E-state index contributed by atoms with van der Waals surface area (Å²) < 4.78 is 0. The number of hydrogen-bond donors (Lipinski definition) is 2. The molecule has 1 aliphatic heterocycles. The average molecular weight is 295 g/mol. The molecule has 1 heterocycles. The number of hydrogen-bond acceptors (Lipinski definition) is 3. The molecule has 2 aliphatic rings. The monoisotopic (exact) mass is 295 g/mol. The first-order valence-electron chi connectivity index (χ1n) is 8.85. The SMILES string of the molecule is CCCC1CCC(CN)C(N2CCC(NC(C)=O)CC2)C1. The van der Waals surface area contributed by atoms with Crippen LogP contribution >= 0.6 is 0 Å². The Hall–Kier alpha value is -0.610. The van der Waals surface area contributed by atoms with Gasteiger partial charge < -0.3 is 11.1 Å². The summed E-state index contributed by atoms with van der Waals surface area (Å²) >= 11 is 0. The van der Waals surface area contributed by atoms with E-state index in [0.29, 0.717) is 18.0 Å².